The Hall–Kier alpha value is -1.35. The molecular formula is C15H21NO2. The van der Waals surface area contributed by atoms with Gasteiger partial charge in [0.15, 0.2) is 0 Å². The van der Waals surface area contributed by atoms with E-state index in [9.17, 15) is 9.90 Å². The van der Waals surface area contributed by atoms with E-state index in [-0.39, 0.29) is 16.9 Å². The first kappa shape index (κ1) is 13.1. The van der Waals surface area contributed by atoms with Crippen LogP contribution >= 0.6 is 0 Å². The number of carboxylic acids is 1. The van der Waals surface area contributed by atoms with Crippen molar-refractivity contribution < 1.29 is 9.90 Å². The normalized spacial score (nSPS) is 22.4. The number of carboxylic acid groups (broad SMARTS) is 1. The summed E-state index contributed by atoms with van der Waals surface area (Å²) in [5.74, 6) is -0.820. The van der Waals surface area contributed by atoms with Crippen molar-refractivity contribution in [3.05, 3.63) is 35.9 Å². The second-order valence-electron chi connectivity index (χ2n) is 6.22. The van der Waals surface area contributed by atoms with Crippen LogP contribution in [-0.2, 0) is 4.79 Å². The topological polar surface area (TPSA) is 49.3 Å². The van der Waals surface area contributed by atoms with Crippen LogP contribution in [0.2, 0.25) is 0 Å². The van der Waals surface area contributed by atoms with Gasteiger partial charge in [-0.1, -0.05) is 58.0 Å². The maximum Gasteiger partial charge on any atom is 0.325 e. The van der Waals surface area contributed by atoms with Crippen LogP contribution < -0.4 is 5.32 Å². The summed E-state index contributed by atoms with van der Waals surface area (Å²) in [7, 11) is 0. The first-order chi connectivity index (χ1) is 8.28. The van der Waals surface area contributed by atoms with Crippen LogP contribution in [-0.4, -0.2) is 17.1 Å². The summed E-state index contributed by atoms with van der Waals surface area (Å²) in [6.07, 6.45) is 0. The molecule has 0 spiro atoms. The third-order valence-electron chi connectivity index (χ3n) is 4.73. The molecule has 3 heteroatoms. The SMILES string of the molecule is CC1(C)C(NC(C(=O)O)c2ccccc2)C1(C)C. The number of aliphatic carboxylic acids is 1. The predicted octanol–water partition coefficient (Wildman–Crippen LogP) is 2.84. The largest absolute Gasteiger partial charge is 0.480 e. The average Bonchev–Trinajstić information content (AvgIpc) is 2.67. The summed E-state index contributed by atoms with van der Waals surface area (Å²) in [6, 6.07) is 8.95. The highest BCUT2D eigenvalue weighted by atomic mass is 16.4. The van der Waals surface area contributed by atoms with Crippen LogP contribution in [0.3, 0.4) is 0 Å². The zero-order chi connectivity index (χ0) is 13.6. The van der Waals surface area contributed by atoms with E-state index in [4.69, 9.17) is 0 Å². The molecule has 1 aliphatic rings. The van der Waals surface area contributed by atoms with Gasteiger partial charge in [0.2, 0.25) is 0 Å². The number of nitrogens with one attached hydrogen (secondary N) is 1. The Balaban J connectivity index is 2.18. The molecule has 2 N–H and O–H groups in total. The van der Waals surface area contributed by atoms with Crippen LogP contribution in [0.25, 0.3) is 0 Å². The molecule has 1 fully saturated rings. The highest BCUT2D eigenvalue weighted by molar-refractivity contribution is 5.75. The van der Waals surface area contributed by atoms with Crippen molar-refractivity contribution in [3.63, 3.8) is 0 Å². The van der Waals surface area contributed by atoms with E-state index >= 15 is 0 Å². The maximum absolute atomic E-state index is 11.4. The fourth-order valence-corrected chi connectivity index (χ4v) is 2.74. The average molecular weight is 247 g/mol. The van der Waals surface area contributed by atoms with Crippen molar-refractivity contribution in [1.82, 2.24) is 5.32 Å². The Morgan fingerprint density at radius 2 is 1.67 bits per heavy atom. The molecule has 0 amide bonds. The Morgan fingerprint density at radius 3 is 2.06 bits per heavy atom. The number of rotatable bonds is 4. The van der Waals surface area contributed by atoms with E-state index in [0.717, 1.165) is 5.56 Å². The second-order valence-corrected chi connectivity index (χ2v) is 6.22. The molecule has 1 aromatic rings. The molecule has 1 atom stereocenters. The van der Waals surface area contributed by atoms with E-state index in [2.05, 4.69) is 33.0 Å². The van der Waals surface area contributed by atoms with Crippen LogP contribution in [0.1, 0.15) is 39.3 Å². The van der Waals surface area contributed by atoms with E-state index in [1.54, 1.807) is 0 Å². The lowest BCUT2D eigenvalue weighted by Gasteiger charge is -2.16. The van der Waals surface area contributed by atoms with Gasteiger partial charge in [-0.25, -0.2) is 0 Å². The fourth-order valence-electron chi connectivity index (χ4n) is 2.74. The monoisotopic (exact) mass is 247 g/mol. The molecule has 3 nitrogen and oxygen atoms in total. The lowest BCUT2D eigenvalue weighted by Crippen LogP contribution is -2.33. The fraction of sp³-hybridized carbons (Fsp3) is 0.533. The van der Waals surface area contributed by atoms with Crippen molar-refractivity contribution in [2.75, 3.05) is 0 Å². The highest BCUT2D eigenvalue weighted by Crippen LogP contribution is 2.63. The van der Waals surface area contributed by atoms with Crippen molar-refractivity contribution in [1.29, 1.82) is 0 Å². The number of benzene rings is 1. The van der Waals surface area contributed by atoms with Gasteiger partial charge < -0.3 is 5.11 Å². The molecule has 0 saturated heterocycles. The van der Waals surface area contributed by atoms with Gasteiger partial charge in [0.1, 0.15) is 6.04 Å². The Labute approximate surface area is 108 Å². The van der Waals surface area contributed by atoms with Gasteiger partial charge >= 0.3 is 5.97 Å². The third kappa shape index (κ3) is 1.93. The van der Waals surface area contributed by atoms with Gasteiger partial charge in [-0.2, -0.15) is 0 Å². The predicted molar refractivity (Wildman–Crippen MR) is 71.3 cm³/mol. The van der Waals surface area contributed by atoms with Gasteiger partial charge in [-0.3, -0.25) is 10.1 Å². The smallest absolute Gasteiger partial charge is 0.325 e. The molecule has 1 aliphatic carbocycles. The highest BCUT2D eigenvalue weighted by Gasteiger charge is 2.65. The molecule has 98 valence electrons. The van der Waals surface area contributed by atoms with E-state index < -0.39 is 12.0 Å². The Morgan fingerprint density at radius 1 is 1.17 bits per heavy atom. The minimum absolute atomic E-state index is 0.134. The minimum atomic E-state index is -0.820. The molecule has 1 aromatic carbocycles. The molecular weight excluding hydrogens is 226 g/mol. The molecule has 0 heterocycles. The molecule has 0 radical (unpaired) electrons. The summed E-state index contributed by atoms with van der Waals surface area (Å²) in [6.45, 7) is 8.70. The summed E-state index contributed by atoms with van der Waals surface area (Å²) < 4.78 is 0. The summed E-state index contributed by atoms with van der Waals surface area (Å²) in [4.78, 5) is 11.4. The second kappa shape index (κ2) is 4.09. The minimum Gasteiger partial charge on any atom is -0.480 e. The van der Waals surface area contributed by atoms with Gasteiger partial charge in [0.05, 0.1) is 0 Å². The van der Waals surface area contributed by atoms with E-state index in [1.165, 1.54) is 0 Å². The zero-order valence-corrected chi connectivity index (χ0v) is 11.4. The Bertz CT molecular complexity index is 437. The molecule has 0 aliphatic heterocycles. The summed E-state index contributed by atoms with van der Waals surface area (Å²) >= 11 is 0. The van der Waals surface area contributed by atoms with E-state index in [1.807, 2.05) is 30.3 Å². The third-order valence-corrected chi connectivity index (χ3v) is 4.73. The van der Waals surface area contributed by atoms with Crippen molar-refractivity contribution in [2.45, 2.75) is 39.8 Å². The van der Waals surface area contributed by atoms with E-state index in [0.29, 0.717) is 0 Å². The van der Waals surface area contributed by atoms with Crippen LogP contribution in [0.5, 0.6) is 0 Å². The number of carbonyl (C=O) groups is 1. The van der Waals surface area contributed by atoms with Crippen molar-refractivity contribution >= 4 is 5.97 Å². The quantitative estimate of drug-likeness (QED) is 0.860. The van der Waals surface area contributed by atoms with Crippen molar-refractivity contribution in [3.8, 4) is 0 Å². The van der Waals surface area contributed by atoms with Gasteiger partial charge in [0.25, 0.3) is 0 Å². The molecule has 18 heavy (non-hydrogen) atoms. The van der Waals surface area contributed by atoms with Crippen LogP contribution in [0.4, 0.5) is 0 Å². The first-order valence-electron chi connectivity index (χ1n) is 6.32. The lowest BCUT2D eigenvalue weighted by molar-refractivity contribution is -0.139. The number of hydrogen-bond donors (Lipinski definition) is 2. The van der Waals surface area contributed by atoms with Crippen LogP contribution in [0.15, 0.2) is 30.3 Å². The summed E-state index contributed by atoms with van der Waals surface area (Å²) in [5.41, 5.74) is 1.08. The number of hydrogen-bond acceptors (Lipinski definition) is 2. The van der Waals surface area contributed by atoms with Crippen molar-refractivity contribution in [2.24, 2.45) is 10.8 Å². The van der Waals surface area contributed by atoms with Gasteiger partial charge in [0, 0.05) is 6.04 Å². The van der Waals surface area contributed by atoms with Crippen LogP contribution in [0, 0.1) is 10.8 Å². The molecule has 1 saturated carbocycles. The molecule has 0 aromatic heterocycles. The summed E-state index contributed by atoms with van der Waals surface area (Å²) in [5, 5.41) is 12.7. The van der Waals surface area contributed by atoms with Gasteiger partial charge in [-0.15, -0.1) is 0 Å². The standard InChI is InChI=1S/C15H21NO2/c1-14(2)13(15(14,3)4)16-11(12(17)18)10-8-6-5-7-9-10/h5-9,11,13,16H,1-4H3,(H,17,18). The first-order valence-corrected chi connectivity index (χ1v) is 6.32. The molecule has 1 unspecified atom stereocenters. The Kier molecular flexibility index (Phi) is 2.98. The zero-order valence-electron chi connectivity index (χ0n) is 11.4. The lowest BCUT2D eigenvalue weighted by atomic mass is 10.0. The molecule has 0 bridgehead atoms. The maximum atomic E-state index is 11.4. The molecule has 2 rings (SSSR count). The van der Waals surface area contributed by atoms with Gasteiger partial charge in [-0.05, 0) is 16.4 Å².